The lowest BCUT2D eigenvalue weighted by Gasteiger charge is -2.06. The number of nitrogens with one attached hydrogen (secondary N) is 2. The Balaban J connectivity index is 3.10. The average molecular weight is 219 g/mol. The average Bonchev–Trinajstić information content (AvgIpc) is 2.23. The Morgan fingerprint density at radius 3 is 2.60 bits per heavy atom. The molecule has 6 heteroatoms. The van der Waals surface area contributed by atoms with Gasteiger partial charge in [-0.05, 0) is 7.05 Å². The van der Waals surface area contributed by atoms with E-state index in [2.05, 4.69) is 10.6 Å². The minimum atomic E-state index is -0.107. The fourth-order valence-corrected chi connectivity index (χ4v) is 0.846. The van der Waals surface area contributed by atoms with Gasteiger partial charge in [0.1, 0.15) is 6.61 Å². The molecule has 0 aromatic carbocycles. The van der Waals surface area contributed by atoms with E-state index in [4.69, 9.17) is 15.2 Å². The number of likely N-dealkylation sites (N-methyl/N-ethyl adjacent to an activating group) is 1. The van der Waals surface area contributed by atoms with Crippen molar-refractivity contribution in [1.29, 1.82) is 0 Å². The first-order valence-electron chi connectivity index (χ1n) is 5.08. The van der Waals surface area contributed by atoms with Crippen LogP contribution in [-0.4, -0.2) is 59.0 Å². The number of rotatable bonds is 10. The molecule has 90 valence electrons. The first-order chi connectivity index (χ1) is 7.31. The summed E-state index contributed by atoms with van der Waals surface area (Å²) >= 11 is 0. The monoisotopic (exact) mass is 219 g/mol. The topological polar surface area (TPSA) is 85.6 Å². The molecule has 0 saturated carbocycles. The molecule has 0 spiro atoms. The van der Waals surface area contributed by atoms with Gasteiger partial charge >= 0.3 is 0 Å². The lowest BCUT2D eigenvalue weighted by molar-refractivity contribution is -0.126. The van der Waals surface area contributed by atoms with Crippen LogP contribution in [0.5, 0.6) is 0 Å². The third kappa shape index (κ3) is 11.2. The largest absolute Gasteiger partial charge is 0.378 e. The van der Waals surface area contributed by atoms with E-state index in [1.165, 1.54) is 0 Å². The molecule has 0 radical (unpaired) electrons. The van der Waals surface area contributed by atoms with Crippen LogP contribution in [0.1, 0.15) is 0 Å². The highest BCUT2D eigenvalue weighted by atomic mass is 16.5. The number of carbonyl (C=O) groups is 1. The Kier molecular flexibility index (Phi) is 10.9. The number of amides is 1. The molecular weight excluding hydrogens is 198 g/mol. The van der Waals surface area contributed by atoms with Crippen LogP contribution >= 0.6 is 0 Å². The maximum absolute atomic E-state index is 11.1. The second-order valence-electron chi connectivity index (χ2n) is 2.91. The van der Waals surface area contributed by atoms with Crippen molar-refractivity contribution in [2.24, 2.45) is 5.73 Å². The molecule has 0 heterocycles. The van der Waals surface area contributed by atoms with Gasteiger partial charge in [-0.3, -0.25) is 4.79 Å². The summed E-state index contributed by atoms with van der Waals surface area (Å²) in [5.74, 6) is -0.107. The summed E-state index contributed by atoms with van der Waals surface area (Å²) in [4.78, 5) is 11.1. The third-order valence-corrected chi connectivity index (χ3v) is 1.56. The molecule has 6 nitrogen and oxygen atoms in total. The maximum Gasteiger partial charge on any atom is 0.246 e. The van der Waals surface area contributed by atoms with E-state index in [0.717, 1.165) is 6.54 Å². The van der Waals surface area contributed by atoms with E-state index >= 15 is 0 Å². The number of hydrogen-bond acceptors (Lipinski definition) is 5. The summed E-state index contributed by atoms with van der Waals surface area (Å²) in [6.07, 6.45) is 0. The van der Waals surface area contributed by atoms with Gasteiger partial charge in [0.05, 0.1) is 19.8 Å². The van der Waals surface area contributed by atoms with Crippen molar-refractivity contribution in [2.75, 3.05) is 53.1 Å². The molecule has 4 N–H and O–H groups in total. The molecule has 0 aliphatic carbocycles. The molecule has 0 atom stereocenters. The molecular formula is C9H21N3O3. The Morgan fingerprint density at radius 1 is 1.20 bits per heavy atom. The lowest BCUT2D eigenvalue weighted by atomic mass is 10.5. The fourth-order valence-electron chi connectivity index (χ4n) is 0.846. The van der Waals surface area contributed by atoms with Gasteiger partial charge in [-0.15, -0.1) is 0 Å². The first kappa shape index (κ1) is 14.3. The van der Waals surface area contributed by atoms with Crippen molar-refractivity contribution < 1.29 is 14.3 Å². The van der Waals surface area contributed by atoms with Gasteiger partial charge in [0.2, 0.25) is 5.91 Å². The lowest BCUT2D eigenvalue weighted by Crippen LogP contribution is -2.33. The van der Waals surface area contributed by atoms with Crippen LogP contribution in [0, 0.1) is 0 Å². The van der Waals surface area contributed by atoms with Crippen LogP contribution in [0.25, 0.3) is 0 Å². The molecule has 0 aliphatic rings. The predicted molar refractivity (Wildman–Crippen MR) is 57.6 cm³/mol. The molecule has 0 bridgehead atoms. The molecule has 0 saturated heterocycles. The summed E-state index contributed by atoms with van der Waals surface area (Å²) in [5, 5.41) is 5.62. The highest BCUT2D eigenvalue weighted by molar-refractivity contribution is 5.77. The molecule has 0 aromatic rings. The van der Waals surface area contributed by atoms with E-state index in [9.17, 15) is 4.79 Å². The fraction of sp³-hybridized carbons (Fsp3) is 0.889. The molecule has 0 unspecified atom stereocenters. The Morgan fingerprint density at radius 2 is 1.93 bits per heavy atom. The van der Waals surface area contributed by atoms with E-state index in [-0.39, 0.29) is 12.5 Å². The number of carbonyl (C=O) groups excluding carboxylic acids is 1. The van der Waals surface area contributed by atoms with E-state index in [1.807, 2.05) is 7.05 Å². The van der Waals surface area contributed by atoms with E-state index < -0.39 is 0 Å². The van der Waals surface area contributed by atoms with Crippen molar-refractivity contribution in [3.05, 3.63) is 0 Å². The van der Waals surface area contributed by atoms with Crippen LogP contribution in [0.3, 0.4) is 0 Å². The SMILES string of the molecule is CNCCNC(=O)COCCOCCN. The zero-order chi connectivity index (χ0) is 11.4. The summed E-state index contributed by atoms with van der Waals surface area (Å²) in [6, 6.07) is 0. The third-order valence-electron chi connectivity index (χ3n) is 1.56. The quantitative estimate of drug-likeness (QED) is 0.382. The molecule has 0 fully saturated rings. The standard InChI is InChI=1S/C9H21N3O3/c1-11-3-4-12-9(13)8-15-7-6-14-5-2-10/h11H,2-8,10H2,1H3,(H,12,13). The summed E-state index contributed by atoms with van der Waals surface area (Å²) < 4.78 is 10.1. The van der Waals surface area contributed by atoms with Crippen molar-refractivity contribution in [3.63, 3.8) is 0 Å². The molecule has 0 aromatic heterocycles. The molecule has 15 heavy (non-hydrogen) atoms. The summed E-state index contributed by atoms with van der Waals surface area (Å²) in [7, 11) is 1.83. The van der Waals surface area contributed by atoms with Crippen LogP contribution in [-0.2, 0) is 14.3 Å². The van der Waals surface area contributed by atoms with Gasteiger partial charge in [0, 0.05) is 19.6 Å². The summed E-state index contributed by atoms with van der Waals surface area (Å²) in [6.45, 7) is 3.37. The predicted octanol–water partition coefficient (Wildman–Crippen LogP) is -1.69. The molecule has 0 rings (SSSR count). The van der Waals surface area contributed by atoms with Crippen molar-refractivity contribution in [2.45, 2.75) is 0 Å². The Labute approximate surface area is 90.5 Å². The van der Waals surface area contributed by atoms with Gasteiger partial charge in [0.15, 0.2) is 0 Å². The van der Waals surface area contributed by atoms with E-state index in [0.29, 0.717) is 32.9 Å². The summed E-state index contributed by atoms with van der Waals surface area (Å²) in [5.41, 5.74) is 5.22. The minimum Gasteiger partial charge on any atom is -0.378 e. The highest BCUT2D eigenvalue weighted by Gasteiger charge is 1.99. The van der Waals surface area contributed by atoms with Crippen LogP contribution < -0.4 is 16.4 Å². The van der Waals surface area contributed by atoms with Crippen LogP contribution in [0.15, 0.2) is 0 Å². The molecule has 0 aliphatic heterocycles. The van der Waals surface area contributed by atoms with Crippen LogP contribution in [0.2, 0.25) is 0 Å². The van der Waals surface area contributed by atoms with Gasteiger partial charge in [-0.2, -0.15) is 0 Å². The zero-order valence-electron chi connectivity index (χ0n) is 9.25. The zero-order valence-corrected chi connectivity index (χ0v) is 9.25. The number of nitrogens with two attached hydrogens (primary N) is 1. The van der Waals surface area contributed by atoms with Gasteiger partial charge in [-0.25, -0.2) is 0 Å². The second kappa shape index (κ2) is 11.4. The van der Waals surface area contributed by atoms with Gasteiger partial charge in [0.25, 0.3) is 0 Å². The second-order valence-corrected chi connectivity index (χ2v) is 2.91. The maximum atomic E-state index is 11.1. The number of ether oxygens (including phenoxy) is 2. The van der Waals surface area contributed by atoms with Gasteiger partial charge in [-0.1, -0.05) is 0 Å². The first-order valence-corrected chi connectivity index (χ1v) is 5.08. The van der Waals surface area contributed by atoms with E-state index in [1.54, 1.807) is 0 Å². The Hall–Kier alpha value is -0.690. The Bertz CT molecular complexity index is 156. The smallest absolute Gasteiger partial charge is 0.246 e. The normalized spacial score (nSPS) is 10.3. The molecule has 1 amide bonds. The highest BCUT2D eigenvalue weighted by Crippen LogP contribution is 1.78. The van der Waals surface area contributed by atoms with Crippen molar-refractivity contribution in [3.8, 4) is 0 Å². The number of hydrogen-bond donors (Lipinski definition) is 3. The van der Waals surface area contributed by atoms with Crippen LogP contribution in [0.4, 0.5) is 0 Å². The van der Waals surface area contributed by atoms with Gasteiger partial charge < -0.3 is 25.8 Å². The minimum absolute atomic E-state index is 0.0791. The van der Waals surface area contributed by atoms with Crippen molar-refractivity contribution >= 4 is 5.91 Å². The van der Waals surface area contributed by atoms with Crippen molar-refractivity contribution in [1.82, 2.24) is 10.6 Å².